The third-order valence-corrected chi connectivity index (χ3v) is 3.64. The second-order valence-corrected chi connectivity index (χ2v) is 6.35. The standard InChI is InChI=1S/C16H25N3O2/c1-16(2,3)13-4-5-14(18-12-13)17-7-6-15(20)19-8-10-21-11-9-19/h4-5,12H,6-11H2,1-3H3,(H,17,18). The Labute approximate surface area is 126 Å². The molecule has 1 aromatic rings. The highest BCUT2D eigenvalue weighted by atomic mass is 16.5. The molecule has 0 spiro atoms. The lowest BCUT2D eigenvalue weighted by Crippen LogP contribution is -2.41. The molecule has 0 unspecified atom stereocenters. The highest BCUT2D eigenvalue weighted by Gasteiger charge is 2.16. The van der Waals surface area contributed by atoms with Crippen LogP contribution in [0.25, 0.3) is 0 Å². The van der Waals surface area contributed by atoms with E-state index in [2.05, 4.69) is 37.1 Å². The van der Waals surface area contributed by atoms with Crippen LogP contribution < -0.4 is 5.32 Å². The monoisotopic (exact) mass is 291 g/mol. The molecule has 1 aliphatic rings. The molecule has 1 fully saturated rings. The third kappa shape index (κ3) is 4.70. The van der Waals surface area contributed by atoms with E-state index in [1.54, 1.807) is 0 Å². The number of carbonyl (C=O) groups excluding carboxylic acids is 1. The van der Waals surface area contributed by atoms with E-state index in [0.717, 1.165) is 5.82 Å². The molecule has 2 heterocycles. The summed E-state index contributed by atoms with van der Waals surface area (Å²) in [6, 6.07) is 4.05. The molecule has 5 nitrogen and oxygen atoms in total. The van der Waals surface area contributed by atoms with Gasteiger partial charge in [-0.05, 0) is 17.0 Å². The van der Waals surface area contributed by atoms with E-state index >= 15 is 0 Å². The van der Waals surface area contributed by atoms with Gasteiger partial charge in [-0.15, -0.1) is 0 Å². The highest BCUT2D eigenvalue weighted by Crippen LogP contribution is 2.21. The van der Waals surface area contributed by atoms with Crippen molar-refractivity contribution in [2.45, 2.75) is 32.6 Å². The number of pyridine rings is 1. The molecule has 5 heteroatoms. The molecule has 116 valence electrons. The van der Waals surface area contributed by atoms with Crippen LogP contribution in [0, 0.1) is 0 Å². The molecule has 1 N–H and O–H groups in total. The van der Waals surface area contributed by atoms with Crippen molar-refractivity contribution in [3.8, 4) is 0 Å². The molecule has 1 amide bonds. The summed E-state index contributed by atoms with van der Waals surface area (Å²) in [7, 11) is 0. The number of aromatic nitrogens is 1. The zero-order valence-electron chi connectivity index (χ0n) is 13.2. The maximum atomic E-state index is 12.0. The van der Waals surface area contributed by atoms with Crippen molar-refractivity contribution in [3.63, 3.8) is 0 Å². The number of amides is 1. The van der Waals surface area contributed by atoms with Gasteiger partial charge in [0.1, 0.15) is 5.82 Å². The topological polar surface area (TPSA) is 54.5 Å². The van der Waals surface area contributed by atoms with Gasteiger partial charge in [0.25, 0.3) is 0 Å². The number of morpholine rings is 1. The number of hydrogen-bond donors (Lipinski definition) is 1. The number of carbonyl (C=O) groups is 1. The Balaban J connectivity index is 1.76. The molecule has 2 rings (SSSR count). The SMILES string of the molecule is CC(C)(C)c1ccc(NCCC(=O)N2CCOCC2)nc1. The van der Waals surface area contributed by atoms with Crippen LogP contribution in [0.4, 0.5) is 5.82 Å². The Morgan fingerprint density at radius 2 is 2.05 bits per heavy atom. The minimum Gasteiger partial charge on any atom is -0.378 e. The average molecular weight is 291 g/mol. The van der Waals surface area contributed by atoms with E-state index in [4.69, 9.17) is 4.74 Å². The van der Waals surface area contributed by atoms with Gasteiger partial charge in [-0.2, -0.15) is 0 Å². The van der Waals surface area contributed by atoms with Crippen LogP contribution in [-0.2, 0) is 14.9 Å². The Morgan fingerprint density at radius 1 is 1.33 bits per heavy atom. The zero-order valence-corrected chi connectivity index (χ0v) is 13.2. The van der Waals surface area contributed by atoms with Crippen LogP contribution in [0.5, 0.6) is 0 Å². The van der Waals surface area contributed by atoms with Gasteiger partial charge in [0.15, 0.2) is 0 Å². The molecular formula is C16H25N3O2. The summed E-state index contributed by atoms with van der Waals surface area (Å²) in [5.74, 6) is 0.995. The van der Waals surface area contributed by atoms with Crippen LogP contribution >= 0.6 is 0 Å². The van der Waals surface area contributed by atoms with E-state index in [9.17, 15) is 4.79 Å². The van der Waals surface area contributed by atoms with E-state index in [1.165, 1.54) is 5.56 Å². The van der Waals surface area contributed by atoms with Gasteiger partial charge in [-0.1, -0.05) is 26.8 Å². The summed E-state index contributed by atoms with van der Waals surface area (Å²) in [6.07, 6.45) is 2.38. The van der Waals surface area contributed by atoms with Crippen molar-refractivity contribution in [1.29, 1.82) is 0 Å². The predicted molar refractivity (Wildman–Crippen MR) is 83.4 cm³/mol. The first-order valence-corrected chi connectivity index (χ1v) is 7.53. The Bertz CT molecular complexity index is 459. The summed E-state index contributed by atoms with van der Waals surface area (Å²) in [6.45, 7) is 9.81. The fraction of sp³-hybridized carbons (Fsp3) is 0.625. The molecule has 0 radical (unpaired) electrons. The summed E-state index contributed by atoms with van der Waals surface area (Å²) in [5, 5.41) is 3.20. The third-order valence-electron chi connectivity index (χ3n) is 3.64. The maximum absolute atomic E-state index is 12.0. The highest BCUT2D eigenvalue weighted by molar-refractivity contribution is 5.76. The first kappa shape index (κ1) is 15.8. The number of nitrogens with zero attached hydrogens (tertiary/aromatic N) is 2. The van der Waals surface area contributed by atoms with Crippen molar-refractivity contribution < 1.29 is 9.53 Å². The summed E-state index contributed by atoms with van der Waals surface area (Å²) in [5.41, 5.74) is 1.31. The number of hydrogen-bond acceptors (Lipinski definition) is 4. The van der Waals surface area contributed by atoms with Crippen molar-refractivity contribution in [2.75, 3.05) is 38.2 Å². The Hall–Kier alpha value is -1.62. The van der Waals surface area contributed by atoms with Crippen molar-refractivity contribution in [1.82, 2.24) is 9.88 Å². The molecule has 0 bridgehead atoms. The summed E-state index contributed by atoms with van der Waals surface area (Å²) >= 11 is 0. The van der Waals surface area contributed by atoms with Gasteiger partial charge >= 0.3 is 0 Å². The van der Waals surface area contributed by atoms with Gasteiger partial charge in [0.05, 0.1) is 13.2 Å². The van der Waals surface area contributed by atoms with E-state index in [1.807, 2.05) is 17.2 Å². The molecule has 21 heavy (non-hydrogen) atoms. The van der Waals surface area contributed by atoms with E-state index in [-0.39, 0.29) is 11.3 Å². The zero-order chi connectivity index (χ0) is 15.3. The maximum Gasteiger partial charge on any atom is 0.224 e. The lowest BCUT2D eigenvalue weighted by Gasteiger charge is -2.26. The smallest absolute Gasteiger partial charge is 0.224 e. The van der Waals surface area contributed by atoms with Crippen LogP contribution in [0.15, 0.2) is 18.3 Å². The van der Waals surface area contributed by atoms with Gasteiger partial charge in [0, 0.05) is 32.3 Å². The number of rotatable bonds is 4. The first-order valence-electron chi connectivity index (χ1n) is 7.53. The van der Waals surface area contributed by atoms with Gasteiger partial charge in [0.2, 0.25) is 5.91 Å². The summed E-state index contributed by atoms with van der Waals surface area (Å²) in [4.78, 5) is 18.2. The quantitative estimate of drug-likeness (QED) is 0.922. The number of anilines is 1. The molecule has 1 saturated heterocycles. The predicted octanol–water partition coefficient (Wildman–Crippen LogP) is 2.04. The van der Waals surface area contributed by atoms with Crippen LogP contribution in [0.3, 0.4) is 0 Å². The van der Waals surface area contributed by atoms with Crippen molar-refractivity contribution in [2.24, 2.45) is 0 Å². The van der Waals surface area contributed by atoms with Gasteiger partial charge in [-0.25, -0.2) is 4.98 Å². The molecule has 1 aliphatic heterocycles. The Morgan fingerprint density at radius 3 is 2.62 bits per heavy atom. The van der Waals surface area contributed by atoms with Crippen LogP contribution in [0.1, 0.15) is 32.8 Å². The minimum absolute atomic E-state index is 0.109. The lowest BCUT2D eigenvalue weighted by atomic mass is 9.88. The van der Waals surface area contributed by atoms with Gasteiger partial charge in [-0.3, -0.25) is 4.79 Å². The second-order valence-electron chi connectivity index (χ2n) is 6.35. The van der Waals surface area contributed by atoms with Crippen molar-refractivity contribution in [3.05, 3.63) is 23.9 Å². The molecular weight excluding hydrogens is 266 g/mol. The van der Waals surface area contributed by atoms with Gasteiger partial charge < -0.3 is 15.0 Å². The van der Waals surface area contributed by atoms with Crippen LogP contribution in [0.2, 0.25) is 0 Å². The largest absolute Gasteiger partial charge is 0.378 e. The molecule has 0 atom stereocenters. The molecule has 0 aliphatic carbocycles. The normalized spacial score (nSPS) is 15.9. The second kappa shape index (κ2) is 6.89. The van der Waals surface area contributed by atoms with Crippen molar-refractivity contribution >= 4 is 11.7 Å². The average Bonchev–Trinajstić information content (AvgIpc) is 2.47. The van der Waals surface area contributed by atoms with Crippen LogP contribution in [-0.4, -0.2) is 48.6 Å². The lowest BCUT2D eigenvalue weighted by molar-refractivity contribution is -0.134. The Kier molecular flexibility index (Phi) is 5.17. The van der Waals surface area contributed by atoms with E-state index in [0.29, 0.717) is 39.3 Å². The van der Waals surface area contributed by atoms with E-state index < -0.39 is 0 Å². The molecule has 0 saturated carbocycles. The summed E-state index contributed by atoms with van der Waals surface area (Å²) < 4.78 is 5.24. The number of ether oxygens (including phenoxy) is 1. The fourth-order valence-electron chi connectivity index (χ4n) is 2.21. The molecule has 1 aromatic heterocycles. The molecule has 0 aromatic carbocycles. The fourth-order valence-corrected chi connectivity index (χ4v) is 2.21. The first-order chi connectivity index (χ1) is 9.97. The number of nitrogens with one attached hydrogen (secondary N) is 1. The minimum atomic E-state index is 0.109.